The highest BCUT2D eigenvalue weighted by molar-refractivity contribution is 5.74. The van der Waals surface area contributed by atoms with Crippen LogP contribution in [0.1, 0.15) is 20.3 Å². The number of hydrogen-bond acceptors (Lipinski definition) is 3. The standard InChI is InChI=1S/C6H13N3O/c1-3-6(7)4-8-9-5(2)10/h4,6H,3,7H2,1-2H3,(H,9,10)/b8-4+. The second-order valence-corrected chi connectivity index (χ2v) is 2.02. The molecule has 4 nitrogen and oxygen atoms in total. The number of amides is 1. The zero-order valence-electron chi connectivity index (χ0n) is 6.29. The van der Waals surface area contributed by atoms with Crippen LogP contribution in [-0.2, 0) is 4.79 Å². The fourth-order valence-corrected chi connectivity index (χ4v) is 0.329. The number of carbonyl (C=O) groups excluding carboxylic acids is 1. The van der Waals surface area contributed by atoms with E-state index in [1.807, 2.05) is 6.92 Å². The van der Waals surface area contributed by atoms with Gasteiger partial charge in [-0.05, 0) is 6.42 Å². The summed E-state index contributed by atoms with van der Waals surface area (Å²) in [6, 6.07) is -0.0631. The molecule has 0 heterocycles. The average molecular weight is 143 g/mol. The number of rotatable bonds is 3. The first kappa shape index (κ1) is 9.10. The lowest BCUT2D eigenvalue weighted by Gasteiger charge is -1.98. The smallest absolute Gasteiger partial charge is 0.236 e. The molecule has 0 aliphatic rings. The molecule has 0 rings (SSSR count). The third-order valence-electron chi connectivity index (χ3n) is 0.959. The summed E-state index contributed by atoms with van der Waals surface area (Å²) in [6.07, 6.45) is 2.34. The number of nitrogens with zero attached hydrogens (tertiary/aromatic N) is 1. The number of nitrogens with one attached hydrogen (secondary N) is 1. The van der Waals surface area contributed by atoms with Gasteiger partial charge in [-0.1, -0.05) is 6.92 Å². The van der Waals surface area contributed by atoms with Crippen molar-refractivity contribution in [2.45, 2.75) is 26.3 Å². The van der Waals surface area contributed by atoms with Gasteiger partial charge in [-0.15, -0.1) is 0 Å². The third kappa shape index (κ3) is 5.24. The van der Waals surface area contributed by atoms with E-state index in [0.717, 1.165) is 6.42 Å². The van der Waals surface area contributed by atoms with Gasteiger partial charge in [-0.25, -0.2) is 5.43 Å². The molecule has 0 saturated heterocycles. The van der Waals surface area contributed by atoms with Crippen LogP contribution in [0.3, 0.4) is 0 Å². The van der Waals surface area contributed by atoms with E-state index in [2.05, 4.69) is 10.5 Å². The van der Waals surface area contributed by atoms with Crippen molar-refractivity contribution in [1.82, 2.24) is 5.43 Å². The van der Waals surface area contributed by atoms with E-state index >= 15 is 0 Å². The monoisotopic (exact) mass is 143 g/mol. The van der Waals surface area contributed by atoms with Crippen LogP contribution in [0.2, 0.25) is 0 Å². The van der Waals surface area contributed by atoms with Crippen molar-refractivity contribution < 1.29 is 4.79 Å². The summed E-state index contributed by atoms with van der Waals surface area (Å²) >= 11 is 0. The molecule has 1 atom stereocenters. The van der Waals surface area contributed by atoms with Gasteiger partial charge in [-0.2, -0.15) is 5.10 Å². The zero-order valence-corrected chi connectivity index (χ0v) is 6.29. The molecule has 0 saturated carbocycles. The van der Waals surface area contributed by atoms with Crippen molar-refractivity contribution in [2.75, 3.05) is 0 Å². The molecule has 10 heavy (non-hydrogen) atoms. The highest BCUT2D eigenvalue weighted by atomic mass is 16.2. The first-order chi connectivity index (χ1) is 4.66. The zero-order chi connectivity index (χ0) is 7.98. The molecule has 0 aromatic rings. The maximum atomic E-state index is 10.2. The largest absolute Gasteiger partial charge is 0.323 e. The second kappa shape index (κ2) is 4.93. The molecule has 0 radical (unpaired) electrons. The van der Waals surface area contributed by atoms with E-state index < -0.39 is 0 Å². The van der Waals surface area contributed by atoms with Crippen molar-refractivity contribution >= 4 is 12.1 Å². The van der Waals surface area contributed by atoms with E-state index in [4.69, 9.17) is 5.73 Å². The summed E-state index contributed by atoms with van der Waals surface area (Å²) in [5.74, 6) is -0.181. The predicted octanol–water partition coefficient (Wildman–Crippen LogP) is -0.154. The third-order valence-corrected chi connectivity index (χ3v) is 0.959. The lowest BCUT2D eigenvalue weighted by molar-refractivity contribution is -0.118. The van der Waals surface area contributed by atoms with Gasteiger partial charge < -0.3 is 5.73 Å². The number of nitrogens with two attached hydrogens (primary N) is 1. The minimum Gasteiger partial charge on any atom is -0.323 e. The highest BCUT2D eigenvalue weighted by Crippen LogP contribution is 1.78. The molecule has 0 aromatic carbocycles. The van der Waals surface area contributed by atoms with E-state index in [0.29, 0.717) is 0 Å². The molecule has 0 aliphatic carbocycles. The Bertz CT molecular complexity index is 133. The second-order valence-electron chi connectivity index (χ2n) is 2.02. The molecule has 1 unspecified atom stereocenters. The molecule has 0 bridgehead atoms. The minimum absolute atomic E-state index is 0.0631. The first-order valence-electron chi connectivity index (χ1n) is 3.22. The first-order valence-corrected chi connectivity index (χ1v) is 3.22. The Morgan fingerprint density at radius 1 is 1.90 bits per heavy atom. The van der Waals surface area contributed by atoms with Crippen LogP contribution in [0.4, 0.5) is 0 Å². The summed E-state index contributed by atoms with van der Waals surface area (Å²) in [5, 5.41) is 3.59. The average Bonchev–Trinajstić information content (AvgIpc) is 1.87. The van der Waals surface area contributed by atoms with Crippen LogP contribution in [0.25, 0.3) is 0 Å². The lowest BCUT2D eigenvalue weighted by Crippen LogP contribution is -2.22. The fraction of sp³-hybridized carbons (Fsp3) is 0.667. The Morgan fingerprint density at radius 2 is 2.50 bits per heavy atom. The predicted molar refractivity (Wildman–Crippen MR) is 40.6 cm³/mol. The van der Waals surface area contributed by atoms with Crippen LogP contribution >= 0.6 is 0 Å². The number of hydrogen-bond donors (Lipinski definition) is 2. The Kier molecular flexibility index (Phi) is 4.49. The van der Waals surface area contributed by atoms with E-state index in [9.17, 15) is 4.79 Å². The quantitative estimate of drug-likeness (QED) is 0.426. The van der Waals surface area contributed by atoms with Gasteiger partial charge in [-0.3, -0.25) is 4.79 Å². The van der Waals surface area contributed by atoms with Crippen molar-refractivity contribution in [3.05, 3.63) is 0 Å². The summed E-state index contributed by atoms with van der Waals surface area (Å²) in [5.41, 5.74) is 7.72. The molecule has 58 valence electrons. The molecule has 3 N–H and O–H groups in total. The van der Waals surface area contributed by atoms with Gasteiger partial charge in [0.25, 0.3) is 0 Å². The molecule has 0 spiro atoms. The maximum absolute atomic E-state index is 10.2. The van der Waals surface area contributed by atoms with Crippen LogP contribution < -0.4 is 11.2 Å². The van der Waals surface area contributed by atoms with Crippen LogP contribution in [0.5, 0.6) is 0 Å². The molecule has 0 fully saturated rings. The van der Waals surface area contributed by atoms with E-state index in [-0.39, 0.29) is 11.9 Å². The normalized spacial score (nSPS) is 13.5. The Balaban J connectivity index is 3.45. The molecule has 0 aromatic heterocycles. The molecular weight excluding hydrogens is 130 g/mol. The SMILES string of the molecule is CCC(N)/C=N/NC(C)=O. The van der Waals surface area contributed by atoms with Gasteiger partial charge in [0.05, 0.1) is 0 Å². The van der Waals surface area contributed by atoms with Gasteiger partial charge in [0.2, 0.25) is 5.91 Å². The Hall–Kier alpha value is -0.900. The van der Waals surface area contributed by atoms with Crippen molar-refractivity contribution in [2.24, 2.45) is 10.8 Å². The van der Waals surface area contributed by atoms with Crippen molar-refractivity contribution in [3.8, 4) is 0 Å². The van der Waals surface area contributed by atoms with E-state index in [1.54, 1.807) is 0 Å². The van der Waals surface area contributed by atoms with Gasteiger partial charge >= 0.3 is 0 Å². The topological polar surface area (TPSA) is 67.5 Å². The summed E-state index contributed by atoms with van der Waals surface area (Å²) in [6.45, 7) is 3.35. The van der Waals surface area contributed by atoms with Crippen molar-refractivity contribution in [3.63, 3.8) is 0 Å². The molecule has 1 amide bonds. The summed E-state index contributed by atoms with van der Waals surface area (Å²) < 4.78 is 0. The minimum atomic E-state index is -0.181. The molecule has 4 heteroatoms. The van der Waals surface area contributed by atoms with Gasteiger partial charge in [0.15, 0.2) is 0 Å². The molecule has 0 aliphatic heterocycles. The van der Waals surface area contributed by atoms with Gasteiger partial charge in [0, 0.05) is 19.2 Å². The number of hydrazone groups is 1. The van der Waals surface area contributed by atoms with E-state index in [1.165, 1.54) is 13.1 Å². The molecular formula is C6H13N3O. The van der Waals surface area contributed by atoms with Crippen molar-refractivity contribution in [1.29, 1.82) is 0 Å². The van der Waals surface area contributed by atoms with Crippen LogP contribution in [-0.4, -0.2) is 18.2 Å². The number of carbonyl (C=O) groups is 1. The Labute approximate surface area is 60.5 Å². The van der Waals surface area contributed by atoms with Gasteiger partial charge in [0.1, 0.15) is 0 Å². The van der Waals surface area contributed by atoms with Crippen LogP contribution in [0.15, 0.2) is 5.10 Å². The fourth-order valence-electron chi connectivity index (χ4n) is 0.329. The summed E-state index contributed by atoms with van der Waals surface area (Å²) in [4.78, 5) is 10.2. The van der Waals surface area contributed by atoms with Crippen LogP contribution in [0, 0.1) is 0 Å². The maximum Gasteiger partial charge on any atom is 0.236 e. The lowest BCUT2D eigenvalue weighted by atomic mass is 10.3. The Morgan fingerprint density at radius 3 is 2.90 bits per heavy atom. The highest BCUT2D eigenvalue weighted by Gasteiger charge is 1.91. The summed E-state index contributed by atoms with van der Waals surface area (Å²) in [7, 11) is 0.